The van der Waals surface area contributed by atoms with E-state index in [0.29, 0.717) is 45.7 Å². The summed E-state index contributed by atoms with van der Waals surface area (Å²) in [5, 5.41) is 9.30. The zero-order chi connectivity index (χ0) is 14.8. The van der Waals surface area contributed by atoms with Crippen LogP contribution in [-0.4, -0.2) is 80.4 Å². The lowest BCUT2D eigenvalue weighted by Gasteiger charge is -2.38. The molecule has 2 heterocycles. The Morgan fingerprint density at radius 3 is 2.50 bits per heavy atom. The number of aliphatic hydroxyl groups is 1. The van der Waals surface area contributed by atoms with Crippen molar-refractivity contribution < 1.29 is 23.1 Å². The highest BCUT2D eigenvalue weighted by Gasteiger charge is 2.35. The molecule has 1 unspecified atom stereocenters. The van der Waals surface area contributed by atoms with Gasteiger partial charge in [0, 0.05) is 25.6 Å². The van der Waals surface area contributed by atoms with Gasteiger partial charge in [0.2, 0.25) is 15.9 Å². The number of carbonyl (C=O) groups is 1. The normalized spacial score (nSPS) is 26.7. The average Bonchev–Trinajstić information content (AvgIpc) is 2.45. The van der Waals surface area contributed by atoms with E-state index in [-0.39, 0.29) is 24.5 Å². The monoisotopic (exact) mass is 306 g/mol. The third-order valence-corrected chi connectivity index (χ3v) is 5.30. The molecule has 20 heavy (non-hydrogen) atoms. The van der Waals surface area contributed by atoms with Gasteiger partial charge in [-0.2, -0.15) is 0 Å². The molecule has 0 bridgehead atoms. The molecule has 0 aromatic heterocycles. The van der Waals surface area contributed by atoms with Crippen LogP contribution in [0.4, 0.5) is 0 Å². The Morgan fingerprint density at radius 2 is 1.95 bits per heavy atom. The van der Waals surface area contributed by atoms with E-state index < -0.39 is 10.0 Å². The summed E-state index contributed by atoms with van der Waals surface area (Å²) in [6.07, 6.45) is 2.28. The molecule has 0 radical (unpaired) electrons. The minimum absolute atomic E-state index is 0.0144. The second kappa shape index (κ2) is 6.38. The van der Waals surface area contributed by atoms with Crippen LogP contribution in [-0.2, 0) is 19.6 Å². The summed E-state index contributed by atoms with van der Waals surface area (Å²) >= 11 is 0. The van der Waals surface area contributed by atoms with Gasteiger partial charge in [-0.25, -0.2) is 12.7 Å². The lowest BCUT2D eigenvalue weighted by atomic mass is 9.95. The summed E-state index contributed by atoms with van der Waals surface area (Å²) < 4.78 is 29.6. The van der Waals surface area contributed by atoms with Crippen LogP contribution in [0.3, 0.4) is 0 Å². The van der Waals surface area contributed by atoms with Gasteiger partial charge in [0.25, 0.3) is 0 Å². The van der Waals surface area contributed by atoms with Crippen LogP contribution in [0.25, 0.3) is 0 Å². The van der Waals surface area contributed by atoms with Crippen molar-refractivity contribution in [3.05, 3.63) is 0 Å². The molecule has 1 atom stereocenters. The Hall–Kier alpha value is -0.700. The number of ether oxygens (including phenoxy) is 1. The predicted molar refractivity (Wildman–Crippen MR) is 72.5 cm³/mol. The highest BCUT2D eigenvalue weighted by molar-refractivity contribution is 7.88. The lowest BCUT2D eigenvalue weighted by Crippen LogP contribution is -2.53. The molecular formula is C12H22N2O5S. The highest BCUT2D eigenvalue weighted by Crippen LogP contribution is 2.23. The van der Waals surface area contributed by atoms with Crippen LogP contribution in [0.1, 0.15) is 12.8 Å². The van der Waals surface area contributed by atoms with Gasteiger partial charge < -0.3 is 14.7 Å². The number of sulfonamides is 1. The molecule has 0 aromatic carbocycles. The van der Waals surface area contributed by atoms with Crippen LogP contribution in [0.5, 0.6) is 0 Å². The fraction of sp³-hybridized carbons (Fsp3) is 0.917. The van der Waals surface area contributed by atoms with Crippen molar-refractivity contribution in [3.63, 3.8) is 0 Å². The Kier molecular flexibility index (Phi) is 5.00. The SMILES string of the molecule is CS(=O)(=O)N1CCC(C(=O)N2CCOCC2CO)CC1. The molecule has 0 spiro atoms. The van der Waals surface area contributed by atoms with Gasteiger partial charge >= 0.3 is 0 Å². The topological polar surface area (TPSA) is 87.2 Å². The summed E-state index contributed by atoms with van der Waals surface area (Å²) in [5.41, 5.74) is 0. The van der Waals surface area contributed by atoms with Crippen LogP contribution in [0, 0.1) is 5.92 Å². The van der Waals surface area contributed by atoms with Crippen LogP contribution < -0.4 is 0 Å². The summed E-state index contributed by atoms with van der Waals surface area (Å²) in [6, 6.07) is -0.274. The average molecular weight is 306 g/mol. The molecule has 2 saturated heterocycles. The van der Waals surface area contributed by atoms with Crippen molar-refractivity contribution >= 4 is 15.9 Å². The molecule has 2 fully saturated rings. The number of rotatable bonds is 3. The molecule has 0 aliphatic carbocycles. The molecule has 2 aliphatic rings. The molecule has 8 heteroatoms. The summed E-state index contributed by atoms with van der Waals surface area (Å²) in [4.78, 5) is 14.2. The number of carbonyl (C=O) groups excluding carboxylic acids is 1. The fourth-order valence-electron chi connectivity index (χ4n) is 2.77. The van der Waals surface area contributed by atoms with Gasteiger partial charge in [-0.1, -0.05) is 0 Å². The standard InChI is InChI=1S/C12H22N2O5S/c1-20(17,18)13-4-2-10(3-5-13)12(16)14-6-7-19-9-11(14)8-15/h10-11,15H,2-9H2,1H3. The molecule has 1 N–H and O–H groups in total. The Bertz CT molecular complexity index is 445. The third kappa shape index (κ3) is 3.49. The van der Waals surface area contributed by atoms with Crippen molar-refractivity contribution in [2.75, 3.05) is 45.7 Å². The minimum Gasteiger partial charge on any atom is -0.394 e. The maximum atomic E-state index is 12.5. The van der Waals surface area contributed by atoms with E-state index in [1.54, 1.807) is 4.90 Å². The van der Waals surface area contributed by atoms with E-state index >= 15 is 0 Å². The zero-order valence-electron chi connectivity index (χ0n) is 11.7. The van der Waals surface area contributed by atoms with Crippen molar-refractivity contribution in [2.24, 2.45) is 5.92 Å². The van der Waals surface area contributed by atoms with Crippen molar-refractivity contribution in [2.45, 2.75) is 18.9 Å². The largest absolute Gasteiger partial charge is 0.394 e. The Balaban J connectivity index is 1.94. The molecule has 7 nitrogen and oxygen atoms in total. The smallest absolute Gasteiger partial charge is 0.226 e. The Labute approximate surface area is 119 Å². The van der Waals surface area contributed by atoms with E-state index in [9.17, 15) is 18.3 Å². The minimum atomic E-state index is -3.17. The number of hydrogen-bond donors (Lipinski definition) is 1. The fourth-order valence-corrected chi connectivity index (χ4v) is 3.64. The molecule has 0 saturated carbocycles. The maximum absolute atomic E-state index is 12.5. The third-order valence-electron chi connectivity index (χ3n) is 3.99. The van der Waals surface area contributed by atoms with Gasteiger partial charge in [-0.15, -0.1) is 0 Å². The molecule has 2 aliphatic heterocycles. The van der Waals surface area contributed by atoms with E-state index in [1.807, 2.05) is 0 Å². The van der Waals surface area contributed by atoms with Crippen LogP contribution >= 0.6 is 0 Å². The van der Waals surface area contributed by atoms with Crippen LogP contribution in [0.2, 0.25) is 0 Å². The number of nitrogens with zero attached hydrogens (tertiary/aromatic N) is 2. The number of amides is 1. The zero-order valence-corrected chi connectivity index (χ0v) is 12.5. The number of aliphatic hydroxyl groups excluding tert-OH is 1. The maximum Gasteiger partial charge on any atom is 0.226 e. The van der Waals surface area contributed by atoms with Crippen LogP contribution in [0.15, 0.2) is 0 Å². The molecule has 0 aromatic rings. The van der Waals surface area contributed by atoms with Gasteiger partial charge in [0.05, 0.1) is 32.1 Å². The quantitative estimate of drug-likeness (QED) is 0.713. The molecule has 1 amide bonds. The van der Waals surface area contributed by atoms with Crippen molar-refractivity contribution in [1.29, 1.82) is 0 Å². The van der Waals surface area contributed by atoms with E-state index in [4.69, 9.17) is 4.74 Å². The summed E-state index contributed by atoms with van der Waals surface area (Å²) in [6.45, 7) is 2.03. The van der Waals surface area contributed by atoms with E-state index in [1.165, 1.54) is 10.6 Å². The Morgan fingerprint density at radius 1 is 1.30 bits per heavy atom. The number of morpholine rings is 1. The second-order valence-corrected chi connectivity index (χ2v) is 7.36. The van der Waals surface area contributed by atoms with Gasteiger partial charge in [-0.05, 0) is 12.8 Å². The first-order valence-electron chi connectivity index (χ1n) is 6.87. The first-order chi connectivity index (χ1) is 9.43. The van der Waals surface area contributed by atoms with E-state index in [2.05, 4.69) is 0 Å². The van der Waals surface area contributed by atoms with Crippen molar-refractivity contribution in [3.8, 4) is 0 Å². The molecule has 116 valence electrons. The second-order valence-electron chi connectivity index (χ2n) is 5.38. The first kappa shape index (κ1) is 15.7. The highest BCUT2D eigenvalue weighted by atomic mass is 32.2. The van der Waals surface area contributed by atoms with E-state index in [0.717, 1.165) is 0 Å². The van der Waals surface area contributed by atoms with Crippen molar-refractivity contribution in [1.82, 2.24) is 9.21 Å². The number of piperidine rings is 1. The first-order valence-corrected chi connectivity index (χ1v) is 8.72. The lowest BCUT2D eigenvalue weighted by molar-refractivity contribution is -0.147. The van der Waals surface area contributed by atoms with Gasteiger partial charge in [0.15, 0.2) is 0 Å². The molecular weight excluding hydrogens is 284 g/mol. The number of hydrogen-bond acceptors (Lipinski definition) is 5. The predicted octanol–water partition coefficient (Wildman–Crippen LogP) is -1.12. The van der Waals surface area contributed by atoms with Gasteiger partial charge in [0.1, 0.15) is 0 Å². The molecule has 2 rings (SSSR count). The van der Waals surface area contributed by atoms with Gasteiger partial charge in [-0.3, -0.25) is 4.79 Å². The summed E-state index contributed by atoms with van der Waals surface area (Å²) in [5.74, 6) is -0.138. The summed E-state index contributed by atoms with van der Waals surface area (Å²) in [7, 11) is -3.17.